The van der Waals surface area contributed by atoms with E-state index >= 15 is 0 Å². The predicted octanol–water partition coefficient (Wildman–Crippen LogP) is 5.25. The van der Waals surface area contributed by atoms with Crippen molar-refractivity contribution in [2.24, 2.45) is 0 Å². The van der Waals surface area contributed by atoms with Crippen molar-refractivity contribution in [1.82, 2.24) is 0 Å². The van der Waals surface area contributed by atoms with Crippen molar-refractivity contribution in [3.63, 3.8) is 0 Å². The van der Waals surface area contributed by atoms with Crippen LogP contribution in [0.4, 0.5) is 0 Å². The molecule has 0 aliphatic heterocycles. The summed E-state index contributed by atoms with van der Waals surface area (Å²) in [4.78, 5) is 0. The maximum absolute atomic E-state index is 6.15. The summed E-state index contributed by atoms with van der Waals surface area (Å²) in [6.07, 6.45) is 5.17. The van der Waals surface area contributed by atoms with E-state index in [1.165, 1.54) is 30.4 Å². The van der Waals surface area contributed by atoms with E-state index in [-0.39, 0.29) is 10.8 Å². The Morgan fingerprint density at radius 1 is 1.35 bits per heavy atom. The Morgan fingerprint density at radius 3 is 2.59 bits per heavy atom. The molecule has 0 heterocycles. The molecule has 1 fully saturated rings. The maximum Gasteiger partial charge on any atom is 0.0316 e. The van der Waals surface area contributed by atoms with Gasteiger partial charge in [0.05, 0.1) is 0 Å². The third kappa shape index (κ3) is 3.04. The van der Waals surface area contributed by atoms with Gasteiger partial charge in [-0.3, -0.25) is 0 Å². The van der Waals surface area contributed by atoms with E-state index in [9.17, 15) is 0 Å². The van der Waals surface area contributed by atoms with Crippen molar-refractivity contribution < 1.29 is 0 Å². The number of hydrogen-bond donors (Lipinski definition) is 0. The van der Waals surface area contributed by atoms with Crippen LogP contribution in [-0.2, 0) is 5.41 Å². The lowest BCUT2D eigenvalue weighted by Crippen LogP contribution is -2.21. The molecule has 1 aromatic carbocycles. The molecule has 0 radical (unpaired) electrons. The average Bonchev–Trinajstić information content (AvgIpc) is 2.13. The lowest BCUT2D eigenvalue weighted by molar-refractivity contribution is 0.417. The molecule has 1 aliphatic rings. The van der Waals surface area contributed by atoms with Gasteiger partial charge in [0.1, 0.15) is 0 Å². The molecule has 2 rings (SSSR count). The van der Waals surface area contributed by atoms with E-state index < -0.39 is 0 Å². The first-order valence-electron chi connectivity index (χ1n) is 6.73. The summed E-state index contributed by atoms with van der Waals surface area (Å²) in [7, 11) is 0. The van der Waals surface area contributed by atoms with Gasteiger partial charge in [0.2, 0.25) is 0 Å². The molecule has 0 bridgehead atoms. The number of halogens is 1. The van der Waals surface area contributed by atoms with E-state index in [0.717, 1.165) is 12.3 Å². The second-order valence-electron chi connectivity index (χ2n) is 6.12. The quantitative estimate of drug-likeness (QED) is 0.641. The van der Waals surface area contributed by atoms with Crippen LogP contribution in [0.25, 0.3) is 0 Å². The molecule has 1 saturated carbocycles. The van der Waals surface area contributed by atoms with E-state index in [2.05, 4.69) is 45.0 Å². The Kier molecular flexibility index (Phi) is 3.82. The molecule has 0 spiro atoms. The third-order valence-corrected chi connectivity index (χ3v) is 4.19. The molecule has 0 saturated heterocycles. The summed E-state index contributed by atoms with van der Waals surface area (Å²) in [6, 6.07) is 9.15. The van der Waals surface area contributed by atoms with Crippen LogP contribution in [0.1, 0.15) is 63.5 Å². The van der Waals surface area contributed by atoms with Crippen LogP contribution in [0.5, 0.6) is 0 Å². The van der Waals surface area contributed by atoms with Gasteiger partial charge in [-0.15, -0.1) is 11.6 Å². The van der Waals surface area contributed by atoms with Crippen LogP contribution in [0.3, 0.4) is 0 Å². The summed E-state index contributed by atoms with van der Waals surface area (Å²) in [5.41, 5.74) is 3.15. The van der Waals surface area contributed by atoms with Gasteiger partial charge in [0.25, 0.3) is 0 Å². The number of benzene rings is 1. The Morgan fingerprint density at radius 2 is 2.06 bits per heavy atom. The first-order valence-corrected chi connectivity index (χ1v) is 7.17. The Bertz CT molecular complexity index is 375. The first-order chi connectivity index (χ1) is 7.99. The highest BCUT2D eigenvalue weighted by Gasteiger charge is 2.25. The molecule has 0 nitrogen and oxygen atoms in total. The SMILES string of the molecule is CC(Cl)CC(C)(C)c1cccc(C2CCC2)c1. The second-order valence-corrected chi connectivity index (χ2v) is 6.87. The van der Waals surface area contributed by atoms with Gasteiger partial charge in [-0.1, -0.05) is 44.5 Å². The zero-order valence-corrected chi connectivity index (χ0v) is 11.9. The molecule has 94 valence electrons. The Labute approximate surface area is 110 Å². The number of hydrogen-bond acceptors (Lipinski definition) is 0. The standard InChI is InChI=1S/C16H23Cl/c1-12(17)11-16(2,3)15-9-5-8-14(10-15)13-6-4-7-13/h5,8-10,12-13H,4,6-7,11H2,1-3H3. The van der Waals surface area contributed by atoms with E-state index in [4.69, 9.17) is 11.6 Å². The molecule has 0 N–H and O–H groups in total. The van der Waals surface area contributed by atoms with Gasteiger partial charge in [-0.05, 0) is 48.6 Å². The molecule has 1 aliphatic carbocycles. The monoisotopic (exact) mass is 250 g/mol. The molecule has 0 amide bonds. The summed E-state index contributed by atoms with van der Waals surface area (Å²) in [5.74, 6) is 0.819. The fourth-order valence-corrected chi connectivity index (χ4v) is 3.16. The summed E-state index contributed by atoms with van der Waals surface area (Å²) >= 11 is 6.15. The van der Waals surface area contributed by atoms with Gasteiger partial charge < -0.3 is 0 Å². The van der Waals surface area contributed by atoms with Crippen molar-refractivity contribution in [3.05, 3.63) is 35.4 Å². The molecule has 0 aromatic heterocycles. The van der Waals surface area contributed by atoms with Crippen molar-refractivity contribution in [2.45, 2.75) is 63.2 Å². The summed E-state index contributed by atoms with van der Waals surface area (Å²) < 4.78 is 0. The largest absolute Gasteiger partial charge is 0.123 e. The van der Waals surface area contributed by atoms with Crippen LogP contribution in [0.2, 0.25) is 0 Å². The van der Waals surface area contributed by atoms with Crippen LogP contribution >= 0.6 is 11.6 Å². The lowest BCUT2D eigenvalue weighted by Gasteiger charge is -2.30. The molecule has 1 atom stereocenters. The molecular weight excluding hydrogens is 228 g/mol. The Balaban J connectivity index is 2.19. The topological polar surface area (TPSA) is 0 Å². The molecule has 1 unspecified atom stereocenters. The maximum atomic E-state index is 6.15. The summed E-state index contributed by atoms with van der Waals surface area (Å²) in [5, 5.41) is 0.234. The molecule has 1 heteroatoms. The van der Waals surface area contributed by atoms with Crippen LogP contribution < -0.4 is 0 Å². The minimum atomic E-state index is 0.181. The van der Waals surface area contributed by atoms with E-state index in [1.807, 2.05) is 0 Å². The van der Waals surface area contributed by atoms with Crippen molar-refractivity contribution in [1.29, 1.82) is 0 Å². The first kappa shape index (κ1) is 13.0. The minimum Gasteiger partial charge on any atom is -0.123 e. The highest BCUT2D eigenvalue weighted by molar-refractivity contribution is 6.20. The second kappa shape index (κ2) is 5.02. The smallest absolute Gasteiger partial charge is 0.0316 e. The van der Waals surface area contributed by atoms with Crippen molar-refractivity contribution >= 4 is 11.6 Å². The zero-order valence-electron chi connectivity index (χ0n) is 11.2. The lowest BCUT2D eigenvalue weighted by atomic mass is 9.76. The Hall–Kier alpha value is -0.490. The molecular formula is C16H23Cl. The summed E-state index contributed by atoms with van der Waals surface area (Å²) in [6.45, 7) is 6.68. The highest BCUT2D eigenvalue weighted by Crippen LogP contribution is 2.38. The van der Waals surface area contributed by atoms with Gasteiger partial charge in [-0.2, -0.15) is 0 Å². The van der Waals surface area contributed by atoms with E-state index in [1.54, 1.807) is 0 Å². The van der Waals surface area contributed by atoms with Crippen LogP contribution in [0.15, 0.2) is 24.3 Å². The van der Waals surface area contributed by atoms with Gasteiger partial charge in [-0.25, -0.2) is 0 Å². The fraction of sp³-hybridized carbons (Fsp3) is 0.625. The van der Waals surface area contributed by atoms with Gasteiger partial charge in [0.15, 0.2) is 0 Å². The molecule has 1 aromatic rings. The van der Waals surface area contributed by atoms with Crippen LogP contribution in [-0.4, -0.2) is 5.38 Å². The van der Waals surface area contributed by atoms with Crippen molar-refractivity contribution in [2.75, 3.05) is 0 Å². The number of alkyl halides is 1. The molecule has 17 heavy (non-hydrogen) atoms. The fourth-order valence-electron chi connectivity index (χ4n) is 2.78. The van der Waals surface area contributed by atoms with Gasteiger partial charge in [0, 0.05) is 5.38 Å². The number of rotatable bonds is 4. The predicted molar refractivity (Wildman–Crippen MR) is 76.0 cm³/mol. The average molecular weight is 251 g/mol. The van der Waals surface area contributed by atoms with Crippen LogP contribution in [0, 0.1) is 0 Å². The van der Waals surface area contributed by atoms with Crippen molar-refractivity contribution in [3.8, 4) is 0 Å². The van der Waals surface area contributed by atoms with E-state index in [0.29, 0.717) is 0 Å². The normalized spacial score (nSPS) is 18.8. The highest BCUT2D eigenvalue weighted by atomic mass is 35.5. The third-order valence-electron chi connectivity index (χ3n) is 4.04. The zero-order chi connectivity index (χ0) is 12.5. The minimum absolute atomic E-state index is 0.181. The van der Waals surface area contributed by atoms with Gasteiger partial charge >= 0.3 is 0 Å².